The van der Waals surface area contributed by atoms with Crippen molar-refractivity contribution in [2.24, 2.45) is 0 Å². The molecule has 0 bridgehead atoms. The third-order valence-electron chi connectivity index (χ3n) is 7.02. The van der Waals surface area contributed by atoms with Crippen molar-refractivity contribution in [3.8, 4) is 11.5 Å². The van der Waals surface area contributed by atoms with Crippen LogP contribution in [0.25, 0.3) is 21.8 Å². The van der Waals surface area contributed by atoms with Crippen LogP contribution in [0.3, 0.4) is 0 Å². The van der Waals surface area contributed by atoms with E-state index in [-0.39, 0.29) is 17.2 Å². The highest BCUT2D eigenvalue weighted by Crippen LogP contribution is 2.31. The van der Waals surface area contributed by atoms with Gasteiger partial charge in [-0.3, -0.25) is 9.59 Å². The van der Waals surface area contributed by atoms with Crippen molar-refractivity contribution >= 4 is 21.8 Å². The zero-order chi connectivity index (χ0) is 23.1. The van der Waals surface area contributed by atoms with E-state index in [1.807, 2.05) is 41.1 Å². The minimum absolute atomic E-state index is 0.0551. The molecule has 1 saturated carbocycles. The SMILES string of the molecule is O=c1c2cc3c(=O)n(C4CCCCCC4)ccc3nc2ccn1Cc1ccc2c(c1)OCCO2. The van der Waals surface area contributed by atoms with Crippen LogP contribution in [0, 0.1) is 0 Å². The van der Waals surface area contributed by atoms with Crippen molar-refractivity contribution in [3.05, 3.63) is 75.1 Å². The molecule has 4 aromatic rings. The molecule has 0 spiro atoms. The molecule has 2 aliphatic rings. The maximum atomic E-state index is 13.4. The monoisotopic (exact) mass is 457 g/mol. The number of rotatable bonds is 3. The van der Waals surface area contributed by atoms with Crippen molar-refractivity contribution in [3.63, 3.8) is 0 Å². The minimum atomic E-state index is -0.161. The molecule has 0 atom stereocenters. The number of hydrogen-bond donors (Lipinski definition) is 0. The van der Waals surface area contributed by atoms with Crippen LogP contribution in [-0.4, -0.2) is 27.3 Å². The molecule has 7 heteroatoms. The van der Waals surface area contributed by atoms with Crippen LogP contribution in [0.15, 0.2) is 58.4 Å². The molecule has 1 fully saturated rings. The third-order valence-corrected chi connectivity index (χ3v) is 7.02. The van der Waals surface area contributed by atoms with Gasteiger partial charge in [0, 0.05) is 18.4 Å². The first-order valence-corrected chi connectivity index (χ1v) is 12.1. The Morgan fingerprint density at radius 1 is 0.794 bits per heavy atom. The molecular weight excluding hydrogens is 430 g/mol. The number of nitrogens with zero attached hydrogens (tertiary/aromatic N) is 3. The fourth-order valence-electron chi connectivity index (χ4n) is 5.21. The van der Waals surface area contributed by atoms with Gasteiger partial charge in [0.25, 0.3) is 11.1 Å². The lowest BCUT2D eigenvalue weighted by Gasteiger charge is -2.19. The fourth-order valence-corrected chi connectivity index (χ4v) is 5.21. The van der Waals surface area contributed by atoms with E-state index in [0.717, 1.165) is 37.0 Å². The first-order valence-electron chi connectivity index (χ1n) is 12.1. The first-order chi connectivity index (χ1) is 16.7. The Kier molecular flexibility index (Phi) is 5.32. The third kappa shape index (κ3) is 3.75. The highest BCUT2D eigenvalue weighted by Gasteiger charge is 2.18. The van der Waals surface area contributed by atoms with Crippen LogP contribution in [0.2, 0.25) is 0 Å². The summed E-state index contributed by atoms with van der Waals surface area (Å²) < 4.78 is 14.8. The number of ether oxygens (including phenoxy) is 2. The zero-order valence-corrected chi connectivity index (χ0v) is 19.0. The quantitative estimate of drug-likeness (QED) is 0.336. The standard InChI is InChI=1S/C27H27N3O4/c31-26-20-16-21-23(10-12-30(27(21)32)19-5-3-1-2-4-6-19)28-22(20)9-11-29(26)17-18-7-8-24-25(15-18)34-14-13-33-24/h7-12,15-16,19H,1-6,13-14,17H2. The molecule has 0 radical (unpaired) electrons. The summed E-state index contributed by atoms with van der Waals surface area (Å²) in [6.45, 7) is 1.45. The topological polar surface area (TPSA) is 75.4 Å². The van der Waals surface area contributed by atoms with Gasteiger partial charge in [-0.05, 0) is 48.7 Å². The largest absolute Gasteiger partial charge is 0.486 e. The summed E-state index contributed by atoms with van der Waals surface area (Å²) in [4.78, 5) is 31.4. The second-order valence-electron chi connectivity index (χ2n) is 9.25. The molecule has 7 nitrogen and oxygen atoms in total. The number of aromatic nitrogens is 3. The Balaban J connectivity index is 1.40. The van der Waals surface area contributed by atoms with E-state index in [4.69, 9.17) is 9.47 Å². The average Bonchev–Trinajstić information content (AvgIpc) is 3.15. The summed E-state index contributed by atoms with van der Waals surface area (Å²) in [7, 11) is 0. The van der Waals surface area contributed by atoms with Gasteiger partial charge in [-0.15, -0.1) is 0 Å². The van der Waals surface area contributed by atoms with Crippen molar-refractivity contribution < 1.29 is 9.47 Å². The van der Waals surface area contributed by atoms with Gasteiger partial charge in [0.15, 0.2) is 11.5 Å². The summed E-state index contributed by atoms with van der Waals surface area (Å²) in [5.41, 5.74) is 1.95. The Morgan fingerprint density at radius 2 is 1.50 bits per heavy atom. The molecule has 174 valence electrons. The van der Waals surface area contributed by atoms with E-state index in [9.17, 15) is 9.59 Å². The molecule has 0 N–H and O–H groups in total. The van der Waals surface area contributed by atoms with Gasteiger partial charge in [0.2, 0.25) is 0 Å². The second-order valence-corrected chi connectivity index (χ2v) is 9.25. The molecule has 34 heavy (non-hydrogen) atoms. The molecule has 1 aromatic carbocycles. The average molecular weight is 458 g/mol. The Hall–Kier alpha value is -3.61. The molecule has 0 amide bonds. The van der Waals surface area contributed by atoms with Crippen molar-refractivity contribution in [1.29, 1.82) is 0 Å². The zero-order valence-electron chi connectivity index (χ0n) is 19.0. The van der Waals surface area contributed by atoms with Crippen LogP contribution in [0.5, 0.6) is 11.5 Å². The molecule has 3 aromatic heterocycles. The minimum Gasteiger partial charge on any atom is -0.486 e. The first kappa shape index (κ1) is 21.0. The van der Waals surface area contributed by atoms with Crippen LogP contribution >= 0.6 is 0 Å². The highest BCUT2D eigenvalue weighted by molar-refractivity contribution is 5.91. The lowest BCUT2D eigenvalue weighted by molar-refractivity contribution is 0.171. The summed E-state index contributed by atoms with van der Waals surface area (Å²) >= 11 is 0. The summed E-state index contributed by atoms with van der Waals surface area (Å²) in [5.74, 6) is 1.42. The van der Waals surface area contributed by atoms with Crippen LogP contribution < -0.4 is 20.6 Å². The number of benzene rings is 1. The molecule has 1 aliphatic heterocycles. The molecule has 4 heterocycles. The van der Waals surface area contributed by atoms with Crippen molar-refractivity contribution in [1.82, 2.24) is 14.1 Å². The predicted molar refractivity (Wildman–Crippen MR) is 131 cm³/mol. The van der Waals surface area contributed by atoms with E-state index in [1.165, 1.54) is 12.8 Å². The summed E-state index contributed by atoms with van der Waals surface area (Å²) in [6.07, 6.45) is 10.4. The van der Waals surface area contributed by atoms with Crippen LogP contribution in [0.4, 0.5) is 0 Å². The van der Waals surface area contributed by atoms with Gasteiger partial charge in [-0.25, -0.2) is 4.98 Å². The Labute approximate surface area is 196 Å². The van der Waals surface area contributed by atoms with E-state index in [1.54, 1.807) is 16.8 Å². The normalized spacial score (nSPS) is 16.6. The molecule has 6 rings (SSSR count). The van der Waals surface area contributed by atoms with Gasteiger partial charge in [0.1, 0.15) is 13.2 Å². The van der Waals surface area contributed by atoms with E-state index >= 15 is 0 Å². The van der Waals surface area contributed by atoms with Crippen LogP contribution in [0.1, 0.15) is 50.1 Å². The predicted octanol–water partition coefficient (Wildman–Crippen LogP) is 4.43. The van der Waals surface area contributed by atoms with Gasteiger partial charge in [-0.1, -0.05) is 31.7 Å². The lowest BCUT2D eigenvalue weighted by atomic mass is 10.1. The summed E-state index contributed by atoms with van der Waals surface area (Å²) in [5, 5.41) is 0.969. The van der Waals surface area contributed by atoms with Gasteiger partial charge in [-0.2, -0.15) is 0 Å². The number of pyridine rings is 3. The molecule has 0 unspecified atom stereocenters. The Morgan fingerprint density at radius 3 is 2.29 bits per heavy atom. The lowest BCUT2D eigenvalue weighted by Crippen LogP contribution is -2.25. The number of fused-ring (bicyclic) bond motifs is 3. The number of hydrogen-bond acceptors (Lipinski definition) is 5. The van der Waals surface area contributed by atoms with Crippen LogP contribution in [-0.2, 0) is 6.54 Å². The van der Waals surface area contributed by atoms with Crippen molar-refractivity contribution in [2.45, 2.75) is 51.1 Å². The summed E-state index contributed by atoms with van der Waals surface area (Å²) in [6, 6.07) is 11.4. The highest BCUT2D eigenvalue weighted by atomic mass is 16.6. The maximum absolute atomic E-state index is 13.4. The van der Waals surface area contributed by atoms with E-state index < -0.39 is 0 Å². The second kappa shape index (κ2) is 8.63. The van der Waals surface area contributed by atoms with Gasteiger partial charge < -0.3 is 18.6 Å². The maximum Gasteiger partial charge on any atom is 0.260 e. The van der Waals surface area contributed by atoms with Crippen molar-refractivity contribution in [2.75, 3.05) is 13.2 Å². The Bertz CT molecular complexity index is 1500. The van der Waals surface area contributed by atoms with Gasteiger partial charge >= 0.3 is 0 Å². The smallest absolute Gasteiger partial charge is 0.260 e. The van der Waals surface area contributed by atoms with Gasteiger partial charge in [0.05, 0.1) is 28.4 Å². The fraction of sp³-hybridized carbons (Fsp3) is 0.370. The van der Waals surface area contributed by atoms with E-state index in [0.29, 0.717) is 47.3 Å². The molecular formula is C27H27N3O4. The molecule has 0 saturated heterocycles. The molecule has 1 aliphatic carbocycles. The van der Waals surface area contributed by atoms with E-state index in [2.05, 4.69) is 4.98 Å².